The summed E-state index contributed by atoms with van der Waals surface area (Å²) in [6.45, 7) is 2.93. The number of amides is 1. The van der Waals surface area contributed by atoms with Crippen molar-refractivity contribution in [3.05, 3.63) is 35.4 Å². The van der Waals surface area contributed by atoms with Crippen LogP contribution in [0.5, 0.6) is 0 Å². The zero-order chi connectivity index (χ0) is 15.2. The van der Waals surface area contributed by atoms with E-state index >= 15 is 0 Å². The van der Waals surface area contributed by atoms with Gasteiger partial charge in [-0.3, -0.25) is 4.79 Å². The molecule has 0 radical (unpaired) electrons. The Labute approximate surface area is 128 Å². The Kier molecular flexibility index (Phi) is 5.64. The van der Waals surface area contributed by atoms with E-state index in [1.807, 2.05) is 6.92 Å². The first-order chi connectivity index (χ1) is 10.1. The first kappa shape index (κ1) is 15.9. The van der Waals surface area contributed by atoms with E-state index in [1.165, 1.54) is 11.1 Å². The third-order valence-corrected chi connectivity index (χ3v) is 4.30. The average molecular weight is 309 g/mol. The maximum absolute atomic E-state index is 12.1. The second-order valence-electron chi connectivity index (χ2n) is 5.02. The summed E-state index contributed by atoms with van der Waals surface area (Å²) in [5.74, 6) is 0.0975. The van der Waals surface area contributed by atoms with E-state index in [9.17, 15) is 9.59 Å². The Bertz CT molecular complexity index is 503. The molecular formula is C15H19NO4S. The van der Waals surface area contributed by atoms with Crippen LogP contribution in [-0.2, 0) is 20.1 Å². The second kappa shape index (κ2) is 7.47. The number of hydrogen-bond donors (Lipinski definition) is 1. The van der Waals surface area contributed by atoms with Gasteiger partial charge in [-0.1, -0.05) is 29.8 Å². The van der Waals surface area contributed by atoms with Crippen LogP contribution in [-0.4, -0.2) is 53.4 Å². The summed E-state index contributed by atoms with van der Waals surface area (Å²) >= 11 is 1.54. The molecule has 0 bridgehead atoms. The van der Waals surface area contributed by atoms with Crippen molar-refractivity contribution >= 4 is 23.6 Å². The van der Waals surface area contributed by atoms with Crippen molar-refractivity contribution in [3.8, 4) is 0 Å². The van der Waals surface area contributed by atoms with Crippen molar-refractivity contribution in [1.29, 1.82) is 0 Å². The van der Waals surface area contributed by atoms with E-state index in [0.29, 0.717) is 12.3 Å². The number of morpholine rings is 1. The highest BCUT2D eigenvalue weighted by Gasteiger charge is 2.28. The Morgan fingerprint density at radius 3 is 2.76 bits per heavy atom. The van der Waals surface area contributed by atoms with Gasteiger partial charge in [0.05, 0.1) is 18.9 Å². The molecule has 1 heterocycles. The largest absolute Gasteiger partial charge is 0.479 e. The third-order valence-electron chi connectivity index (χ3n) is 3.31. The molecule has 1 aromatic rings. The van der Waals surface area contributed by atoms with Crippen LogP contribution in [0.15, 0.2) is 24.3 Å². The molecule has 114 valence electrons. The van der Waals surface area contributed by atoms with Gasteiger partial charge in [-0.25, -0.2) is 4.79 Å². The predicted molar refractivity (Wildman–Crippen MR) is 81.3 cm³/mol. The average Bonchev–Trinajstić information content (AvgIpc) is 2.49. The highest BCUT2D eigenvalue weighted by atomic mass is 32.2. The summed E-state index contributed by atoms with van der Waals surface area (Å²) in [6.07, 6.45) is -0.898. The molecule has 0 saturated carbocycles. The number of carboxylic acids is 1. The molecule has 1 aromatic carbocycles. The summed E-state index contributed by atoms with van der Waals surface area (Å²) in [6, 6.07) is 8.22. The molecule has 6 heteroatoms. The molecule has 1 atom stereocenters. The van der Waals surface area contributed by atoms with Crippen molar-refractivity contribution < 1.29 is 19.4 Å². The third kappa shape index (κ3) is 4.75. The van der Waals surface area contributed by atoms with Gasteiger partial charge in [0.1, 0.15) is 0 Å². The number of aryl methyl sites for hydroxylation is 1. The summed E-state index contributed by atoms with van der Waals surface area (Å²) in [5.41, 5.74) is 2.40. The molecule has 0 aromatic heterocycles. The molecule has 5 nitrogen and oxygen atoms in total. The smallest absolute Gasteiger partial charge is 0.334 e. The van der Waals surface area contributed by atoms with Gasteiger partial charge >= 0.3 is 5.97 Å². The number of carbonyl (C=O) groups is 2. The number of rotatable bonds is 5. The van der Waals surface area contributed by atoms with E-state index in [-0.39, 0.29) is 19.1 Å². The zero-order valence-corrected chi connectivity index (χ0v) is 12.8. The molecule has 1 unspecified atom stereocenters. The van der Waals surface area contributed by atoms with Gasteiger partial charge in [0.25, 0.3) is 0 Å². The van der Waals surface area contributed by atoms with Crippen molar-refractivity contribution in [2.75, 3.05) is 25.4 Å². The first-order valence-corrected chi connectivity index (χ1v) is 7.97. The minimum Gasteiger partial charge on any atom is -0.479 e. The monoisotopic (exact) mass is 309 g/mol. The summed E-state index contributed by atoms with van der Waals surface area (Å²) in [5, 5.41) is 8.92. The number of aliphatic carboxylic acids is 1. The van der Waals surface area contributed by atoms with Crippen molar-refractivity contribution in [1.82, 2.24) is 4.90 Å². The van der Waals surface area contributed by atoms with Gasteiger partial charge in [-0.15, -0.1) is 11.8 Å². The van der Waals surface area contributed by atoms with Crippen LogP contribution in [0.4, 0.5) is 0 Å². The topological polar surface area (TPSA) is 66.8 Å². The van der Waals surface area contributed by atoms with Gasteiger partial charge in [-0.2, -0.15) is 0 Å². The van der Waals surface area contributed by atoms with Gasteiger partial charge in [0.2, 0.25) is 5.91 Å². The Morgan fingerprint density at radius 1 is 1.38 bits per heavy atom. The number of carbonyl (C=O) groups excluding carboxylic acids is 1. The molecule has 1 aliphatic heterocycles. The molecule has 1 aliphatic rings. The highest BCUT2D eigenvalue weighted by Crippen LogP contribution is 2.15. The van der Waals surface area contributed by atoms with Gasteiger partial charge in [0.15, 0.2) is 6.10 Å². The van der Waals surface area contributed by atoms with Gasteiger partial charge < -0.3 is 14.7 Å². The summed E-state index contributed by atoms with van der Waals surface area (Å²) < 4.78 is 5.10. The lowest BCUT2D eigenvalue weighted by molar-refractivity contribution is -0.158. The van der Waals surface area contributed by atoms with Gasteiger partial charge in [0, 0.05) is 12.3 Å². The second-order valence-corrected chi connectivity index (χ2v) is 6.00. The van der Waals surface area contributed by atoms with E-state index in [0.717, 1.165) is 5.75 Å². The fourth-order valence-electron chi connectivity index (χ4n) is 2.06. The number of hydrogen-bond acceptors (Lipinski definition) is 4. The van der Waals surface area contributed by atoms with E-state index in [2.05, 4.69) is 24.3 Å². The predicted octanol–water partition coefficient (Wildman–Crippen LogP) is 1.54. The first-order valence-electron chi connectivity index (χ1n) is 6.82. The van der Waals surface area contributed by atoms with Crippen molar-refractivity contribution in [2.45, 2.75) is 18.8 Å². The standard InChI is InChI=1S/C15H19NO4S/c1-11-2-4-12(5-3-11)9-21-10-14(17)16-6-7-20-13(8-16)15(18)19/h2-5,13H,6-10H2,1H3,(H,18,19). The zero-order valence-electron chi connectivity index (χ0n) is 11.9. The minimum absolute atomic E-state index is 0.0262. The molecule has 1 saturated heterocycles. The normalized spacial score (nSPS) is 18.5. The van der Waals surface area contributed by atoms with E-state index in [1.54, 1.807) is 16.7 Å². The summed E-state index contributed by atoms with van der Waals surface area (Å²) in [4.78, 5) is 24.5. The Balaban J connectivity index is 1.76. The van der Waals surface area contributed by atoms with Crippen LogP contribution >= 0.6 is 11.8 Å². The molecule has 1 N–H and O–H groups in total. The quantitative estimate of drug-likeness (QED) is 0.893. The van der Waals surface area contributed by atoms with Gasteiger partial charge in [-0.05, 0) is 12.5 Å². The molecule has 1 amide bonds. The van der Waals surface area contributed by atoms with E-state index in [4.69, 9.17) is 9.84 Å². The molecule has 0 aliphatic carbocycles. The number of thioether (sulfide) groups is 1. The lowest BCUT2D eigenvalue weighted by atomic mass is 10.2. The maximum atomic E-state index is 12.1. The minimum atomic E-state index is -1.01. The van der Waals surface area contributed by atoms with Crippen LogP contribution in [0.1, 0.15) is 11.1 Å². The molecule has 1 fully saturated rings. The number of ether oxygens (including phenoxy) is 1. The van der Waals surface area contributed by atoms with E-state index < -0.39 is 12.1 Å². The highest BCUT2D eigenvalue weighted by molar-refractivity contribution is 7.99. The van der Waals surface area contributed by atoms with Crippen molar-refractivity contribution in [3.63, 3.8) is 0 Å². The van der Waals surface area contributed by atoms with Crippen LogP contribution < -0.4 is 0 Å². The van der Waals surface area contributed by atoms with Crippen LogP contribution in [0.2, 0.25) is 0 Å². The summed E-state index contributed by atoms with van der Waals surface area (Å²) in [7, 11) is 0. The Hall–Kier alpha value is -1.53. The number of nitrogens with zero attached hydrogens (tertiary/aromatic N) is 1. The van der Waals surface area contributed by atoms with Crippen LogP contribution in [0.25, 0.3) is 0 Å². The number of benzene rings is 1. The molecule has 2 rings (SSSR count). The molecule has 21 heavy (non-hydrogen) atoms. The lowest BCUT2D eigenvalue weighted by Gasteiger charge is -2.30. The lowest BCUT2D eigenvalue weighted by Crippen LogP contribution is -2.49. The fraction of sp³-hybridized carbons (Fsp3) is 0.467. The fourth-order valence-corrected chi connectivity index (χ4v) is 2.94. The molecule has 0 spiro atoms. The van der Waals surface area contributed by atoms with Crippen LogP contribution in [0.3, 0.4) is 0 Å². The maximum Gasteiger partial charge on any atom is 0.334 e. The number of carboxylic acid groups (broad SMARTS) is 1. The Morgan fingerprint density at radius 2 is 2.10 bits per heavy atom. The van der Waals surface area contributed by atoms with Crippen molar-refractivity contribution in [2.24, 2.45) is 0 Å². The molecular weight excluding hydrogens is 290 g/mol. The SMILES string of the molecule is Cc1ccc(CSCC(=O)N2CCOC(C(=O)O)C2)cc1. The van der Waals surface area contributed by atoms with Crippen LogP contribution in [0, 0.1) is 6.92 Å².